The average molecular weight is 367 g/mol. The molecule has 0 spiro atoms. The van der Waals surface area contributed by atoms with Gasteiger partial charge in [-0.05, 0) is 50.1 Å². The first-order valence-electron chi connectivity index (χ1n) is 8.23. The normalized spacial score (nSPS) is 10.8. The van der Waals surface area contributed by atoms with Crippen LogP contribution in [0.4, 0.5) is 5.69 Å². The molecule has 0 bridgehead atoms. The van der Waals surface area contributed by atoms with Crippen molar-refractivity contribution >= 4 is 22.6 Å². The lowest BCUT2D eigenvalue weighted by atomic mass is 10.0. The summed E-state index contributed by atoms with van der Waals surface area (Å²) in [6, 6.07) is 9.14. The van der Waals surface area contributed by atoms with E-state index in [0.717, 1.165) is 11.1 Å². The van der Waals surface area contributed by atoms with Gasteiger partial charge < -0.3 is 9.15 Å². The lowest BCUT2D eigenvalue weighted by molar-refractivity contribution is -0.385. The molecule has 0 saturated carbocycles. The summed E-state index contributed by atoms with van der Waals surface area (Å²) in [5.41, 5.74) is 2.58. The quantitative estimate of drug-likeness (QED) is 0.299. The van der Waals surface area contributed by atoms with Crippen LogP contribution in [0, 0.1) is 30.9 Å². The molecule has 2 aromatic carbocycles. The van der Waals surface area contributed by atoms with Crippen molar-refractivity contribution in [3.63, 3.8) is 0 Å². The number of esters is 1. The zero-order chi connectivity index (χ0) is 19.7. The van der Waals surface area contributed by atoms with E-state index in [1.165, 1.54) is 31.2 Å². The second-order valence-electron chi connectivity index (χ2n) is 6.31. The molecular weight excluding hydrogens is 350 g/mol. The fourth-order valence-electron chi connectivity index (χ4n) is 2.87. The molecule has 0 aliphatic heterocycles. The second-order valence-corrected chi connectivity index (χ2v) is 6.31. The molecule has 0 amide bonds. The number of rotatable bonds is 4. The van der Waals surface area contributed by atoms with E-state index in [-0.39, 0.29) is 23.4 Å². The maximum atomic E-state index is 12.4. The molecular formula is C20H17NO6. The van der Waals surface area contributed by atoms with Crippen LogP contribution in [0.2, 0.25) is 0 Å². The molecule has 0 unspecified atom stereocenters. The Balaban J connectivity index is 1.92. The first-order valence-corrected chi connectivity index (χ1v) is 8.23. The summed E-state index contributed by atoms with van der Waals surface area (Å²) in [5.74, 6) is -0.693. The Labute approximate surface area is 154 Å². The van der Waals surface area contributed by atoms with Gasteiger partial charge in [-0.3, -0.25) is 10.1 Å². The van der Waals surface area contributed by atoms with Gasteiger partial charge >= 0.3 is 11.6 Å². The molecule has 1 aromatic heterocycles. The Morgan fingerprint density at radius 2 is 1.85 bits per heavy atom. The van der Waals surface area contributed by atoms with Crippen molar-refractivity contribution < 1.29 is 18.9 Å². The highest BCUT2D eigenvalue weighted by atomic mass is 16.6. The number of carbonyl (C=O) groups is 1. The standard InChI is InChI=1S/C20H17NO6/c1-11-7-16-14(9-19(22)27-18(16)8-12(11)2)10-26-20(23)15-5-4-6-17(13(15)3)21(24)25/h4-9H,10H2,1-3H3. The third-order valence-electron chi connectivity index (χ3n) is 4.53. The molecule has 27 heavy (non-hydrogen) atoms. The Morgan fingerprint density at radius 3 is 2.56 bits per heavy atom. The van der Waals surface area contributed by atoms with Crippen LogP contribution in [-0.4, -0.2) is 10.9 Å². The lowest BCUT2D eigenvalue weighted by Crippen LogP contribution is -2.10. The smallest absolute Gasteiger partial charge is 0.338 e. The van der Waals surface area contributed by atoms with Crippen LogP contribution in [-0.2, 0) is 11.3 Å². The number of hydrogen-bond acceptors (Lipinski definition) is 6. The van der Waals surface area contributed by atoms with Gasteiger partial charge in [0.15, 0.2) is 0 Å². The Hall–Kier alpha value is -3.48. The molecule has 0 radical (unpaired) electrons. The van der Waals surface area contributed by atoms with Crippen LogP contribution in [0.3, 0.4) is 0 Å². The summed E-state index contributed by atoms with van der Waals surface area (Å²) in [7, 11) is 0. The summed E-state index contributed by atoms with van der Waals surface area (Å²) in [6.07, 6.45) is 0. The first kappa shape index (κ1) is 18.3. The molecule has 1 heterocycles. The SMILES string of the molecule is Cc1cc2oc(=O)cc(COC(=O)c3cccc([N+](=O)[O-])c3C)c2cc1C. The maximum Gasteiger partial charge on any atom is 0.338 e. The van der Waals surface area contributed by atoms with E-state index in [4.69, 9.17) is 9.15 Å². The zero-order valence-electron chi connectivity index (χ0n) is 15.1. The van der Waals surface area contributed by atoms with E-state index in [1.807, 2.05) is 19.9 Å². The molecule has 0 atom stereocenters. The van der Waals surface area contributed by atoms with Crippen LogP contribution in [0.25, 0.3) is 11.0 Å². The third-order valence-corrected chi connectivity index (χ3v) is 4.53. The van der Waals surface area contributed by atoms with Crippen LogP contribution in [0.15, 0.2) is 45.6 Å². The molecule has 0 saturated heterocycles. The summed E-state index contributed by atoms with van der Waals surface area (Å²) in [4.78, 5) is 34.7. The molecule has 138 valence electrons. The average Bonchev–Trinajstić information content (AvgIpc) is 2.60. The second kappa shape index (κ2) is 7.03. The highest BCUT2D eigenvalue weighted by Crippen LogP contribution is 2.24. The maximum absolute atomic E-state index is 12.4. The number of ether oxygens (including phenoxy) is 1. The molecule has 3 aromatic rings. The van der Waals surface area contributed by atoms with E-state index in [1.54, 1.807) is 6.07 Å². The Bertz CT molecular complexity index is 1130. The number of carbonyl (C=O) groups excluding carboxylic acids is 1. The summed E-state index contributed by atoms with van der Waals surface area (Å²) in [6.45, 7) is 5.19. The van der Waals surface area contributed by atoms with Gasteiger partial charge in [-0.2, -0.15) is 0 Å². The lowest BCUT2D eigenvalue weighted by Gasteiger charge is -2.10. The van der Waals surface area contributed by atoms with Crippen LogP contribution < -0.4 is 5.63 Å². The molecule has 0 aliphatic carbocycles. The molecule has 3 rings (SSSR count). The number of aryl methyl sites for hydroxylation is 2. The minimum absolute atomic E-state index is 0.114. The van der Waals surface area contributed by atoms with Crippen molar-refractivity contribution in [3.8, 4) is 0 Å². The van der Waals surface area contributed by atoms with E-state index in [9.17, 15) is 19.7 Å². The van der Waals surface area contributed by atoms with E-state index in [2.05, 4.69) is 0 Å². The Kier molecular flexibility index (Phi) is 4.77. The molecule has 0 fully saturated rings. The van der Waals surface area contributed by atoms with Gasteiger partial charge in [-0.25, -0.2) is 9.59 Å². The molecule has 0 aliphatic rings. The largest absolute Gasteiger partial charge is 0.457 e. The monoisotopic (exact) mass is 367 g/mol. The van der Waals surface area contributed by atoms with Crippen molar-refractivity contribution in [2.24, 2.45) is 0 Å². The third kappa shape index (κ3) is 3.57. The van der Waals surface area contributed by atoms with Crippen LogP contribution >= 0.6 is 0 Å². The minimum Gasteiger partial charge on any atom is -0.457 e. The number of nitrogens with zero attached hydrogens (tertiary/aromatic N) is 1. The molecule has 0 N–H and O–H groups in total. The first-order chi connectivity index (χ1) is 12.8. The van der Waals surface area contributed by atoms with Crippen molar-refractivity contribution in [2.75, 3.05) is 0 Å². The summed E-state index contributed by atoms with van der Waals surface area (Å²) < 4.78 is 10.5. The summed E-state index contributed by atoms with van der Waals surface area (Å²) >= 11 is 0. The van der Waals surface area contributed by atoms with Crippen molar-refractivity contribution in [1.82, 2.24) is 0 Å². The van der Waals surface area contributed by atoms with Gasteiger partial charge in [0, 0.05) is 28.6 Å². The highest BCUT2D eigenvalue weighted by molar-refractivity contribution is 5.92. The number of benzene rings is 2. The summed E-state index contributed by atoms with van der Waals surface area (Å²) in [5, 5.41) is 11.7. The number of nitro groups is 1. The zero-order valence-corrected chi connectivity index (χ0v) is 15.1. The van der Waals surface area contributed by atoms with Crippen molar-refractivity contribution in [3.05, 3.63) is 84.7 Å². The fraction of sp³-hybridized carbons (Fsp3) is 0.200. The van der Waals surface area contributed by atoms with Gasteiger partial charge in [0.2, 0.25) is 0 Å². The molecule has 7 heteroatoms. The van der Waals surface area contributed by atoms with Gasteiger partial charge in [-0.15, -0.1) is 0 Å². The minimum atomic E-state index is -0.693. The van der Waals surface area contributed by atoms with Gasteiger partial charge in [0.25, 0.3) is 5.69 Å². The number of nitro benzene ring substituents is 1. The predicted octanol–water partition coefficient (Wildman–Crippen LogP) is 3.98. The van der Waals surface area contributed by atoms with E-state index < -0.39 is 16.5 Å². The fourth-order valence-corrected chi connectivity index (χ4v) is 2.87. The van der Waals surface area contributed by atoms with E-state index >= 15 is 0 Å². The highest BCUT2D eigenvalue weighted by Gasteiger charge is 2.19. The number of hydrogen-bond donors (Lipinski definition) is 0. The molecule has 7 nitrogen and oxygen atoms in total. The van der Waals surface area contributed by atoms with Crippen LogP contribution in [0.5, 0.6) is 0 Å². The van der Waals surface area contributed by atoms with Gasteiger partial charge in [0.05, 0.1) is 10.5 Å². The van der Waals surface area contributed by atoms with Crippen molar-refractivity contribution in [2.45, 2.75) is 27.4 Å². The van der Waals surface area contributed by atoms with Crippen LogP contribution in [0.1, 0.15) is 32.6 Å². The van der Waals surface area contributed by atoms with Gasteiger partial charge in [-0.1, -0.05) is 6.07 Å². The number of fused-ring (bicyclic) bond motifs is 1. The predicted molar refractivity (Wildman–Crippen MR) is 98.9 cm³/mol. The van der Waals surface area contributed by atoms with E-state index in [0.29, 0.717) is 16.5 Å². The Morgan fingerprint density at radius 1 is 1.15 bits per heavy atom. The topological polar surface area (TPSA) is 99.7 Å². The van der Waals surface area contributed by atoms with Crippen molar-refractivity contribution in [1.29, 1.82) is 0 Å². The van der Waals surface area contributed by atoms with Gasteiger partial charge in [0.1, 0.15) is 12.2 Å².